The van der Waals surface area contributed by atoms with Gasteiger partial charge in [-0.25, -0.2) is 0 Å². The fraction of sp³-hybridized carbons (Fsp3) is 0.0526. The molecule has 0 fully saturated rings. The molecule has 0 heterocycles. The Hall–Kier alpha value is -2.54. The zero-order valence-electron chi connectivity index (χ0n) is 11.4. The molecule has 0 spiro atoms. The molecule has 0 atom stereocenters. The van der Waals surface area contributed by atoms with Crippen LogP contribution in [0.3, 0.4) is 0 Å². The number of rotatable bonds is 3. The van der Waals surface area contributed by atoms with Gasteiger partial charge in [-0.1, -0.05) is 66.7 Å². The number of benzene rings is 3. The van der Waals surface area contributed by atoms with Crippen LogP contribution >= 0.6 is 0 Å². The van der Waals surface area contributed by atoms with Crippen molar-refractivity contribution in [2.45, 2.75) is 0 Å². The highest BCUT2D eigenvalue weighted by molar-refractivity contribution is 5.83. The largest absolute Gasteiger partial charge is 0.497 e. The summed E-state index contributed by atoms with van der Waals surface area (Å²) in [5.41, 5.74) is 4.92. The summed E-state index contributed by atoms with van der Waals surface area (Å²) in [6.45, 7) is 0. The van der Waals surface area contributed by atoms with Crippen LogP contribution in [0.4, 0.5) is 0 Å². The normalized spacial score (nSPS) is 10.2. The van der Waals surface area contributed by atoms with Gasteiger partial charge in [-0.05, 0) is 34.4 Å². The topological polar surface area (TPSA) is 9.23 Å². The van der Waals surface area contributed by atoms with Gasteiger partial charge in [0.25, 0.3) is 0 Å². The van der Waals surface area contributed by atoms with Crippen LogP contribution in [0.15, 0.2) is 78.9 Å². The lowest BCUT2D eigenvalue weighted by Crippen LogP contribution is -1.86. The second-order valence-corrected chi connectivity index (χ2v) is 4.64. The van der Waals surface area contributed by atoms with Gasteiger partial charge in [0.05, 0.1) is 7.11 Å². The lowest BCUT2D eigenvalue weighted by atomic mass is 9.95. The predicted octanol–water partition coefficient (Wildman–Crippen LogP) is 5.03. The Kier molecular flexibility index (Phi) is 3.51. The summed E-state index contributed by atoms with van der Waals surface area (Å²) in [5, 5.41) is 0. The molecule has 0 saturated carbocycles. The van der Waals surface area contributed by atoms with Crippen molar-refractivity contribution in [3.63, 3.8) is 0 Å². The smallest absolute Gasteiger partial charge is 0.118 e. The Labute approximate surface area is 119 Å². The Balaban J connectivity index is 2.10. The van der Waals surface area contributed by atoms with E-state index in [4.69, 9.17) is 4.74 Å². The van der Waals surface area contributed by atoms with E-state index < -0.39 is 0 Å². The fourth-order valence-electron chi connectivity index (χ4n) is 2.37. The van der Waals surface area contributed by atoms with Crippen molar-refractivity contribution in [1.82, 2.24) is 0 Å². The molecule has 20 heavy (non-hydrogen) atoms. The summed E-state index contributed by atoms with van der Waals surface area (Å²) >= 11 is 0. The maximum Gasteiger partial charge on any atom is 0.118 e. The van der Waals surface area contributed by atoms with Crippen LogP contribution in [0.2, 0.25) is 0 Å². The molecule has 3 aromatic carbocycles. The first-order chi connectivity index (χ1) is 9.88. The first kappa shape index (κ1) is 12.5. The van der Waals surface area contributed by atoms with E-state index in [1.807, 2.05) is 18.2 Å². The number of hydrogen-bond donors (Lipinski definition) is 0. The molecule has 3 aromatic rings. The summed E-state index contributed by atoms with van der Waals surface area (Å²) in [5.74, 6) is 0.881. The van der Waals surface area contributed by atoms with Crippen LogP contribution in [0.25, 0.3) is 22.3 Å². The van der Waals surface area contributed by atoms with Gasteiger partial charge in [0.15, 0.2) is 0 Å². The Morgan fingerprint density at radius 2 is 1.05 bits per heavy atom. The quantitative estimate of drug-likeness (QED) is 0.641. The van der Waals surface area contributed by atoms with Gasteiger partial charge in [-0.2, -0.15) is 0 Å². The number of methoxy groups -OCH3 is 1. The Morgan fingerprint density at radius 3 is 1.60 bits per heavy atom. The molecule has 98 valence electrons. The molecule has 0 unspecified atom stereocenters. The number of hydrogen-bond acceptors (Lipinski definition) is 1. The third-order valence-corrected chi connectivity index (χ3v) is 3.41. The van der Waals surface area contributed by atoms with E-state index in [2.05, 4.69) is 60.7 Å². The predicted molar refractivity (Wildman–Crippen MR) is 83.9 cm³/mol. The highest BCUT2D eigenvalue weighted by Crippen LogP contribution is 2.32. The van der Waals surface area contributed by atoms with Gasteiger partial charge < -0.3 is 4.74 Å². The Morgan fingerprint density at radius 1 is 0.550 bits per heavy atom. The highest BCUT2D eigenvalue weighted by atomic mass is 16.5. The molecule has 0 bridgehead atoms. The van der Waals surface area contributed by atoms with Crippen LogP contribution in [-0.2, 0) is 0 Å². The van der Waals surface area contributed by atoms with Gasteiger partial charge in [-0.3, -0.25) is 0 Å². The van der Waals surface area contributed by atoms with Crippen LogP contribution < -0.4 is 4.74 Å². The third kappa shape index (κ3) is 2.43. The van der Waals surface area contributed by atoms with Crippen LogP contribution in [0.1, 0.15) is 0 Å². The highest BCUT2D eigenvalue weighted by Gasteiger charge is 2.06. The molecule has 0 amide bonds. The van der Waals surface area contributed by atoms with Crippen molar-refractivity contribution in [3.8, 4) is 28.0 Å². The molecule has 1 nitrogen and oxygen atoms in total. The van der Waals surface area contributed by atoms with E-state index in [0.29, 0.717) is 0 Å². The minimum Gasteiger partial charge on any atom is -0.497 e. The van der Waals surface area contributed by atoms with E-state index >= 15 is 0 Å². The van der Waals surface area contributed by atoms with E-state index in [0.717, 1.165) is 5.75 Å². The molecule has 1 heteroatoms. The summed E-state index contributed by atoms with van der Waals surface area (Å²) < 4.78 is 5.22. The maximum atomic E-state index is 5.22. The zero-order valence-corrected chi connectivity index (χ0v) is 11.4. The van der Waals surface area contributed by atoms with Crippen molar-refractivity contribution < 1.29 is 4.74 Å². The first-order valence-electron chi connectivity index (χ1n) is 6.67. The maximum absolute atomic E-state index is 5.22. The summed E-state index contributed by atoms with van der Waals surface area (Å²) in [7, 11) is 1.69. The average Bonchev–Trinajstić information content (AvgIpc) is 2.56. The van der Waals surface area contributed by atoms with E-state index in [-0.39, 0.29) is 0 Å². The lowest BCUT2D eigenvalue weighted by Gasteiger charge is -2.10. The molecular weight excluding hydrogens is 244 g/mol. The second-order valence-electron chi connectivity index (χ2n) is 4.64. The van der Waals surface area contributed by atoms with Gasteiger partial charge in [-0.15, -0.1) is 0 Å². The van der Waals surface area contributed by atoms with E-state index in [1.165, 1.54) is 22.3 Å². The van der Waals surface area contributed by atoms with E-state index in [9.17, 15) is 0 Å². The van der Waals surface area contributed by atoms with E-state index in [1.54, 1.807) is 7.11 Å². The fourth-order valence-corrected chi connectivity index (χ4v) is 2.37. The van der Waals surface area contributed by atoms with Gasteiger partial charge in [0, 0.05) is 0 Å². The van der Waals surface area contributed by atoms with Gasteiger partial charge >= 0.3 is 0 Å². The molecule has 0 aliphatic rings. The Bertz CT molecular complexity index is 684. The van der Waals surface area contributed by atoms with Crippen molar-refractivity contribution >= 4 is 0 Å². The minimum absolute atomic E-state index is 0.881. The van der Waals surface area contributed by atoms with Crippen LogP contribution in [0, 0.1) is 0 Å². The van der Waals surface area contributed by atoms with Crippen LogP contribution in [0.5, 0.6) is 5.75 Å². The molecular formula is C19H16O. The molecule has 0 radical (unpaired) electrons. The summed E-state index contributed by atoms with van der Waals surface area (Å²) in [6.07, 6.45) is 0. The van der Waals surface area contributed by atoms with Crippen molar-refractivity contribution in [1.29, 1.82) is 0 Å². The minimum atomic E-state index is 0.881. The van der Waals surface area contributed by atoms with Crippen molar-refractivity contribution in [2.75, 3.05) is 7.11 Å². The zero-order chi connectivity index (χ0) is 13.8. The molecule has 0 aromatic heterocycles. The lowest BCUT2D eigenvalue weighted by molar-refractivity contribution is 0.415. The first-order valence-corrected chi connectivity index (χ1v) is 6.67. The van der Waals surface area contributed by atoms with Gasteiger partial charge in [0.1, 0.15) is 5.75 Å². The SMILES string of the molecule is COc1ccc(-c2ccccc2-c2ccccc2)cc1. The van der Waals surface area contributed by atoms with Crippen molar-refractivity contribution in [3.05, 3.63) is 78.9 Å². The third-order valence-electron chi connectivity index (χ3n) is 3.41. The summed E-state index contributed by atoms with van der Waals surface area (Å²) in [6, 6.07) is 27.1. The molecule has 0 aliphatic heterocycles. The van der Waals surface area contributed by atoms with Crippen LogP contribution in [-0.4, -0.2) is 7.11 Å². The molecule has 0 N–H and O–H groups in total. The van der Waals surface area contributed by atoms with Gasteiger partial charge in [0.2, 0.25) is 0 Å². The number of ether oxygens (including phenoxy) is 1. The monoisotopic (exact) mass is 260 g/mol. The summed E-state index contributed by atoms with van der Waals surface area (Å²) in [4.78, 5) is 0. The average molecular weight is 260 g/mol. The molecule has 0 aliphatic carbocycles. The van der Waals surface area contributed by atoms with Crippen molar-refractivity contribution in [2.24, 2.45) is 0 Å². The molecule has 3 rings (SSSR count). The second kappa shape index (κ2) is 5.62. The standard InChI is InChI=1S/C19H16O/c1-20-17-13-11-16(12-14-17)19-10-6-5-9-18(19)15-7-3-2-4-8-15/h2-14H,1H3. The molecule has 0 saturated heterocycles.